The lowest BCUT2D eigenvalue weighted by molar-refractivity contribution is 0.0955. The smallest absolute Gasteiger partial charge is 0.271 e. The Morgan fingerprint density at radius 2 is 2.00 bits per heavy atom. The minimum atomic E-state index is -0.316. The molecular formula is C16H15BrN2O3. The van der Waals surface area contributed by atoms with Crippen molar-refractivity contribution in [1.29, 1.82) is 0 Å². The van der Waals surface area contributed by atoms with Gasteiger partial charge in [0.15, 0.2) is 0 Å². The van der Waals surface area contributed by atoms with Gasteiger partial charge in [-0.2, -0.15) is 5.10 Å². The van der Waals surface area contributed by atoms with Gasteiger partial charge in [0.1, 0.15) is 11.5 Å². The molecule has 0 bridgehead atoms. The molecule has 0 heterocycles. The van der Waals surface area contributed by atoms with Crippen molar-refractivity contribution in [1.82, 2.24) is 5.43 Å². The molecular weight excluding hydrogens is 348 g/mol. The van der Waals surface area contributed by atoms with Crippen LogP contribution in [0.2, 0.25) is 0 Å². The van der Waals surface area contributed by atoms with Crippen molar-refractivity contribution >= 4 is 28.1 Å². The second-order valence-electron chi connectivity index (χ2n) is 4.32. The minimum Gasteiger partial charge on any atom is -0.497 e. The van der Waals surface area contributed by atoms with Gasteiger partial charge in [-0.25, -0.2) is 5.43 Å². The van der Waals surface area contributed by atoms with E-state index in [0.29, 0.717) is 17.1 Å². The summed E-state index contributed by atoms with van der Waals surface area (Å²) in [7, 11) is 3.13. The van der Waals surface area contributed by atoms with E-state index in [-0.39, 0.29) is 5.91 Å². The first-order valence-corrected chi connectivity index (χ1v) is 7.24. The predicted molar refractivity (Wildman–Crippen MR) is 88.7 cm³/mol. The molecule has 1 N–H and O–H groups in total. The van der Waals surface area contributed by atoms with Crippen LogP contribution >= 0.6 is 15.9 Å². The average Bonchev–Trinajstić information content (AvgIpc) is 2.55. The average molecular weight is 363 g/mol. The maximum atomic E-state index is 12.0. The molecule has 0 unspecified atom stereocenters. The highest BCUT2D eigenvalue weighted by Crippen LogP contribution is 2.21. The van der Waals surface area contributed by atoms with Crippen molar-refractivity contribution in [2.75, 3.05) is 14.2 Å². The van der Waals surface area contributed by atoms with Gasteiger partial charge >= 0.3 is 0 Å². The number of nitrogens with zero attached hydrogens (tertiary/aromatic N) is 1. The van der Waals surface area contributed by atoms with Gasteiger partial charge in [-0.15, -0.1) is 0 Å². The predicted octanol–water partition coefficient (Wildman–Crippen LogP) is 3.23. The number of halogens is 1. The highest BCUT2D eigenvalue weighted by Gasteiger charge is 2.05. The van der Waals surface area contributed by atoms with E-state index in [1.807, 2.05) is 18.2 Å². The second-order valence-corrected chi connectivity index (χ2v) is 5.23. The van der Waals surface area contributed by atoms with E-state index in [2.05, 4.69) is 26.5 Å². The fourth-order valence-corrected chi connectivity index (χ4v) is 2.17. The zero-order valence-corrected chi connectivity index (χ0v) is 13.8. The molecule has 0 aromatic heterocycles. The van der Waals surface area contributed by atoms with Crippen LogP contribution in [0.25, 0.3) is 0 Å². The molecule has 0 fully saturated rings. The highest BCUT2D eigenvalue weighted by atomic mass is 79.9. The Balaban J connectivity index is 2.08. The molecule has 5 nitrogen and oxygen atoms in total. The SMILES string of the molecule is COc1cccc(C(=O)N/N=C\c2cc(Br)ccc2OC)c1. The molecule has 0 aliphatic carbocycles. The lowest BCUT2D eigenvalue weighted by Crippen LogP contribution is -2.17. The molecule has 0 saturated heterocycles. The van der Waals surface area contributed by atoms with Crippen molar-refractivity contribution in [3.63, 3.8) is 0 Å². The zero-order valence-electron chi connectivity index (χ0n) is 12.2. The van der Waals surface area contributed by atoms with E-state index in [9.17, 15) is 4.79 Å². The number of benzene rings is 2. The third-order valence-corrected chi connectivity index (χ3v) is 3.39. The number of methoxy groups -OCH3 is 2. The van der Waals surface area contributed by atoms with Crippen molar-refractivity contribution in [2.24, 2.45) is 5.10 Å². The van der Waals surface area contributed by atoms with Gasteiger partial charge in [-0.1, -0.05) is 22.0 Å². The van der Waals surface area contributed by atoms with E-state index in [0.717, 1.165) is 10.0 Å². The number of carbonyl (C=O) groups is 1. The lowest BCUT2D eigenvalue weighted by Gasteiger charge is -2.05. The summed E-state index contributed by atoms with van der Waals surface area (Å²) in [6.07, 6.45) is 1.53. The Morgan fingerprint density at radius 3 is 2.73 bits per heavy atom. The molecule has 1 amide bonds. The number of amides is 1. The van der Waals surface area contributed by atoms with E-state index < -0.39 is 0 Å². The van der Waals surface area contributed by atoms with Crippen molar-refractivity contribution in [3.8, 4) is 11.5 Å². The van der Waals surface area contributed by atoms with E-state index >= 15 is 0 Å². The number of hydrogen-bond acceptors (Lipinski definition) is 4. The largest absolute Gasteiger partial charge is 0.497 e. The number of nitrogens with one attached hydrogen (secondary N) is 1. The van der Waals surface area contributed by atoms with Crippen LogP contribution in [0.4, 0.5) is 0 Å². The first-order chi connectivity index (χ1) is 10.6. The lowest BCUT2D eigenvalue weighted by atomic mass is 10.2. The van der Waals surface area contributed by atoms with Crippen LogP contribution in [0.1, 0.15) is 15.9 Å². The molecule has 0 radical (unpaired) electrons. The molecule has 6 heteroatoms. The van der Waals surface area contributed by atoms with Gasteiger partial charge in [0.25, 0.3) is 5.91 Å². The summed E-state index contributed by atoms with van der Waals surface area (Å²) in [5.74, 6) is 0.969. The molecule has 2 aromatic carbocycles. The number of ether oxygens (including phenoxy) is 2. The van der Waals surface area contributed by atoms with Gasteiger partial charge in [-0.3, -0.25) is 4.79 Å². The summed E-state index contributed by atoms with van der Waals surface area (Å²) in [4.78, 5) is 12.0. The number of hydrogen-bond donors (Lipinski definition) is 1. The number of carbonyl (C=O) groups excluding carboxylic acids is 1. The van der Waals surface area contributed by atoms with Gasteiger partial charge < -0.3 is 9.47 Å². The third kappa shape index (κ3) is 4.08. The first-order valence-electron chi connectivity index (χ1n) is 6.45. The van der Waals surface area contributed by atoms with Crippen LogP contribution in [0.3, 0.4) is 0 Å². The molecule has 2 aromatic rings. The summed E-state index contributed by atoms with van der Waals surface area (Å²) in [6.45, 7) is 0. The molecule has 0 saturated carbocycles. The second kappa shape index (κ2) is 7.61. The van der Waals surface area contributed by atoms with Gasteiger partial charge in [0.05, 0.1) is 20.4 Å². The van der Waals surface area contributed by atoms with E-state index in [1.165, 1.54) is 6.21 Å². The molecule has 0 spiro atoms. The van der Waals surface area contributed by atoms with Crippen LogP contribution in [-0.2, 0) is 0 Å². The molecule has 22 heavy (non-hydrogen) atoms. The van der Waals surface area contributed by atoms with Crippen LogP contribution in [0.5, 0.6) is 11.5 Å². The number of rotatable bonds is 5. The van der Waals surface area contributed by atoms with Crippen LogP contribution < -0.4 is 14.9 Å². The van der Waals surface area contributed by atoms with Crippen molar-refractivity contribution in [3.05, 3.63) is 58.1 Å². The summed E-state index contributed by atoms with van der Waals surface area (Å²) in [5, 5.41) is 3.96. The Morgan fingerprint density at radius 1 is 1.18 bits per heavy atom. The maximum absolute atomic E-state index is 12.0. The minimum absolute atomic E-state index is 0.316. The van der Waals surface area contributed by atoms with E-state index in [1.54, 1.807) is 38.5 Å². The molecule has 2 rings (SSSR count). The monoisotopic (exact) mass is 362 g/mol. The highest BCUT2D eigenvalue weighted by molar-refractivity contribution is 9.10. The molecule has 0 aliphatic rings. The standard InChI is InChI=1S/C16H15BrN2O3/c1-21-14-5-3-4-11(9-14)16(20)19-18-10-12-8-13(17)6-7-15(12)22-2/h3-10H,1-2H3,(H,19,20)/b18-10-. The fraction of sp³-hybridized carbons (Fsp3) is 0.125. The van der Waals surface area contributed by atoms with Gasteiger partial charge in [-0.05, 0) is 36.4 Å². The number of hydrazone groups is 1. The Hall–Kier alpha value is -2.34. The van der Waals surface area contributed by atoms with Crippen LogP contribution in [0.15, 0.2) is 52.0 Å². The molecule has 0 aliphatic heterocycles. The summed E-state index contributed by atoms with van der Waals surface area (Å²) in [5.41, 5.74) is 3.70. The summed E-state index contributed by atoms with van der Waals surface area (Å²) < 4.78 is 11.2. The molecule has 0 atom stereocenters. The first kappa shape index (κ1) is 16.0. The summed E-state index contributed by atoms with van der Waals surface area (Å²) >= 11 is 3.38. The van der Waals surface area contributed by atoms with E-state index in [4.69, 9.17) is 9.47 Å². The Kier molecular flexibility index (Phi) is 5.55. The van der Waals surface area contributed by atoms with Gasteiger partial charge in [0.2, 0.25) is 0 Å². The van der Waals surface area contributed by atoms with Crippen LogP contribution in [-0.4, -0.2) is 26.3 Å². The normalized spacial score (nSPS) is 10.5. The third-order valence-electron chi connectivity index (χ3n) is 2.89. The van der Waals surface area contributed by atoms with Crippen molar-refractivity contribution < 1.29 is 14.3 Å². The Bertz CT molecular complexity index is 702. The fourth-order valence-electron chi connectivity index (χ4n) is 1.80. The molecule has 114 valence electrons. The van der Waals surface area contributed by atoms with Gasteiger partial charge in [0, 0.05) is 15.6 Å². The summed E-state index contributed by atoms with van der Waals surface area (Å²) in [6, 6.07) is 12.4. The maximum Gasteiger partial charge on any atom is 0.271 e. The Labute approximate surface area is 137 Å². The van der Waals surface area contributed by atoms with Crippen LogP contribution in [0, 0.1) is 0 Å². The zero-order chi connectivity index (χ0) is 15.9. The topological polar surface area (TPSA) is 59.9 Å². The quantitative estimate of drug-likeness (QED) is 0.656. The van der Waals surface area contributed by atoms with Crippen molar-refractivity contribution in [2.45, 2.75) is 0 Å².